The molecule has 3 N–H and O–H groups in total. The highest BCUT2D eigenvalue weighted by atomic mass is 19.3. The molecule has 6 heteroatoms. The van der Waals surface area contributed by atoms with Gasteiger partial charge >= 0.3 is 0 Å². The molecule has 0 saturated heterocycles. The van der Waals surface area contributed by atoms with Crippen LogP contribution < -0.4 is 11.1 Å². The van der Waals surface area contributed by atoms with Crippen molar-refractivity contribution in [2.45, 2.75) is 5.92 Å². The highest BCUT2D eigenvalue weighted by molar-refractivity contribution is 6.05. The first-order valence-electron chi connectivity index (χ1n) is 5.36. The minimum absolute atomic E-state index is 0.235. The summed E-state index contributed by atoms with van der Waals surface area (Å²) in [5.41, 5.74) is 5.65. The Morgan fingerprint density at radius 2 is 2.11 bits per heavy atom. The zero-order valence-electron chi connectivity index (χ0n) is 9.45. The fourth-order valence-electron chi connectivity index (χ4n) is 1.53. The minimum atomic E-state index is -3.10. The van der Waals surface area contributed by atoms with Gasteiger partial charge in [0.2, 0.25) is 0 Å². The number of nitrogens with one attached hydrogen (secondary N) is 1. The average Bonchev–Trinajstić information content (AvgIpc) is 2.80. The Morgan fingerprint density at radius 3 is 2.83 bits per heavy atom. The van der Waals surface area contributed by atoms with Gasteiger partial charge < -0.3 is 15.5 Å². The summed E-state index contributed by atoms with van der Waals surface area (Å²) in [5.74, 6) is -3.71. The number of alkyl halides is 2. The number of rotatable bonds is 4. The highest BCUT2D eigenvalue weighted by Crippen LogP contribution is 2.20. The number of hydrogen-bond donors (Lipinski definition) is 2. The van der Waals surface area contributed by atoms with Crippen LogP contribution in [0.4, 0.5) is 8.78 Å². The van der Waals surface area contributed by atoms with E-state index in [1.54, 1.807) is 24.3 Å². The third-order valence-electron chi connectivity index (χ3n) is 2.53. The van der Waals surface area contributed by atoms with Crippen LogP contribution in [0.15, 0.2) is 34.9 Å². The van der Waals surface area contributed by atoms with Gasteiger partial charge in [-0.2, -0.15) is 0 Å². The molecule has 1 amide bonds. The van der Waals surface area contributed by atoms with Crippen molar-refractivity contribution in [2.75, 3.05) is 13.1 Å². The molecule has 0 aliphatic carbocycles. The summed E-state index contributed by atoms with van der Waals surface area (Å²) in [7, 11) is 0. The van der Waals surface area contributed by atoms with Gasteiger partial charge in [-0.25, -0.2) is 8.78 Å². The molecule has 1 heterocycles. The zero-order valence-corrected chi connectivity index (χ0v) is 9.45. The van der Waals surface area contributed by atoms with Crippen molar-refractivity contribution >= 4 is 16.9 Å². The first kappa shape index (κ1) is 12.5. The molecule has 0 unspecified atom stereocenters. The number of amides is 1. The third kappa shape index (κ3) is 2.48. The molecule has 2 rings (SSSR count). The van der Waals surface area contributed by atoms with E-state index in [1.807, 2.05) is 0 Å². The standard InChI is InChI=1S/C12H12F2N2O2/c13-12(14,6-15)7-16-11(17)9-5-18-10-4-2-1-3-8(9)10/h1-5H,6-7,15H2,(H,16,17). The summed E-state index contributed by atoms with van der Waals surface area (Å²) in [6.45, 7) is -1.60. The summed E-state index contributed by atoms with van der Waals surface area (Å²) in [6, 6.07) is 6.88. The van der Waals surface area contributed by atoms with Gasteiger partial charge in [0.05, 0.1) is 18.7 Å². The number of halogens is 2. The molecule has 2 aromatic rings. The smallest absolute Gasteiger partial charge is 0.277 e. The Balaban J connectivity index is 2.14. The predicted octanol–water partition coefficient (Wildman–Crippen LogP) is 1.76. The highest BCUT2D eigenvalue weighted by Gasteiger charge is 2.27. The molecule has 4 nitrogen and oxygen atoms in total. The topological polar surface area (TPSA) is 68.3 Å². The van der Waals surface area contributed by atoms with Crippen LogP contribution in [0, 0.1) is 0 Å². The lowest BCUT2D eigenvalue weighted by atomic mass is 10.1. The van der Waals surface area contributed by atoms with Crippen LogP contribution in [0.3, 0.4) is 0 Å². The lowest BCUT2D eigenvalue weighted by Crippen LogP contribution is -2.41. The molecule has 0 saturated carbocycles. The van der Waals surface area contributed by atoms with Crippen LogP contribution in [-0.4, -0.2) is 24.9 Å². The number of fused-ring (bicyclic) bond motifs is 1. The number of carbonyl (C=O) groups is 1. The molecule has 0 fully saturated rings. The predicted molar refractivity (Wildman–Crippen MR) is 62.5 cm³/mol. The first-order valence-corrected chi connectivity index (χ1v) is 5.36. The Hall–Kier alpha value is -1.95. The van der Waals surface area contributed by atoms with E-state index in [-0.39, 0.29) is 5.56 Å². The van der Waals surface area contributed by atoms with E-state index >= 15 is 0 Å². The Morgan fingerprint density at radius 1 is 1.39 bits per heavy atom. The van der Waals surface area contributed by atoms with E-state index in [0.29, 0.717) is 11.0 Å². The molecule has 0 atom stereocenters. The largest absolute Gasteiger partial charge is 0.463 e. The van der Waals surface area contributed by atoms with E-state index < -0.39 is 24.9 Å². The van der Waals surface area contributed by atoms with Gasteiger partial charge in [-0.1, -0.05) is 18.2 Å². The molecule has 1 aromatic carbocycles. The van der Waals surface area contributed by atoms with Crippen LogP contribution in [0.25, 0.3) is 11.0 Å². The van der Waals surface area contributed by atoms with Crippen LogP contribution >= 0.6 is 0 Å². The van der Waals surface area contributed by atoms with E-state index in [1.165, 1.54) is 6.26 Å². The maximum atomic E-state index is 12.9. The van der Waals surface area contributed by atoms with Gasteiger partial charge in [0.1, 0.15) is 11.8 Å². The number of benzene rings is 1. The normalized spacial score (nSPS) is 11.7. The number of carbonyl (C=O) groups excluding carboxylic acids is 1. The summed E-state index contributed by atoms with van der Waals surface area (Å²) >= 11 is 0. The molecule has 18 heavy (non-hydrogen) atoms. The molecular formula is C12H12F2N2O2. The van der Waals surface area contributed by atoms with Gasteiger partial charge in [0, 0.05) is 5.39 Å². The van der Waals surface area contributed by atoms with Crippen molar-refractivity contribution in [1.82, 2.24) is 5.32 Å². The van der Waals surface area contributed by atoms with Crippen molar-refractivity contribution in [3.8, 4) is 0 Å². The second-order valence-electron chi connectivity index (χ2n) is 3.89. The van der Waals surface area contributed by atoms with Crippen LogP contribution in [0.5, 0.6) is 0 Å². The molecule has 0 aliphatic rings. The van der Waals surface area contributed by atoms with Gasteiger partial charge in [-0.15, -0.1) is 0 Å². The van der Waals surface area contributed by atoms with Crippen LogP contribution in [0.1, 0.15) is 10.4 Å². The van der Waals surface area contributed by atoms with E-state index in [4.69, 9.17) is 10.2 Å². The summed E-state index contributed by atoms with van der Waals surface area (Å²) in [6.07, 6.45) is 1.25. The summed E-state index contributed by atoms with van der Waals surface area (Å²) in [5, 5.41) is 2.73. The lowest BCUT2D eigenvalue weighted by Gasteiger charge is -2.13. The minimum Gasteiger partial charge on any atom is -0.463 e. The van der Waals surface area contributed by atoms with E-state index in [9.17, 15) is 13.6 Å². The quantitative estimate of drug-likeness (QED) is 0.873. The Labute approximate surface area is 102 Å². The lowest BCUT2D eigenvalue weighted by molar-refractivity contribution is 0.0119. The monoisotopic (exact) mass is 254 g/mol. The Kier molecular flexibility index (Phi) is 3.29. The number of furan rings is 1. The summed E-state index contributed by atoms with van der Waals surface area (Å²) in [4.78, 5) is 11.7. The fraction of sp³-hybridized carbons (Fsp3) is 0.250. The molecule has 0 aliphatic heterocycles. The third-order valence-corrected chi connectivity index (χ3v) is 2.53. The Bertz CT molecular complexity index is 566. The fourth-order valence-corrected chi connectivity index (χ4v) is 1.53. The van der Waals surface area contributed by atoms with Crippen molar-refractivity contribution in [2.24, 2.45) is 5.73 Å². The SMILES string of the molecule is NCC(F)(F)CNC(=O)c1coc2ccccc12. The van der Waals surface area contributed by atoms with Crippen LogP contribution in [-0.2, 0) is 0 Å². The number of para-hydroxylation sites is 1. The van der Waals surface area contributed by atoms with Crippen molar-refractivity contribution in [3.05, 3.63) is 36.1 Å². The molecule has 96 valence electrons. The second-order valence-corrected chi connectivity index (χ2v) is 3.89. The molecule has 0 radical (unpaired) electrons. The second kappa shape index (κ2) is 4.73. The van der Waals surface area contributed by atoms with Gasteiger partial charge in [0.25, 0.3) is 11.8 Å². The van der Waals surface area contributed by atoms with Crippen molar-refractivity contribution < 1.29 is 18.0 Å². The number of hydrogen-bond acceptors (Lipinski definition) is 3. The van der Waals surface area contributed by atoms with E-state index in [0.717, 1.165) is 0 Å². The van der Waals surface area contributed by atoms with Crippen LogP contribution in [0.2, 0.25) is 0 Å². The molecule has 1 aromatic heterocycles. The molecule has 0 bridgehead atoms. The van der Waals surface area contributed by atoms with Gasteiger partial charge in [0.15, 0.2) is 0 Å². The maximum absolute atomic E-state index is 12.9. The van der Waals surface area contributed by atoms with Gasteiger partial charge in [-0.3, -0.25) is 4.79 Å². The average molecular weight is 254 g/mol. The summed E-state index contributed by atoms with van der Waals surface area (Å²) < 4.78 is 31.0. The molecule has 0 spiro atoms. The molecular weight excluding hydrogens is 242 g/mol. The first-order chi connectivity index (χ1) is 8.53. The van der Waals surface area contributed by atoms with E-state index in [2.05, 4.69) is 5.32 Å². The van der Waals surface area contributed by atoms with Crippen molar-refractivity contribution in [3.63, 3.8) is 0 Å². The maximum Gasteiger partial charge on any atom is 0.277 e. The zero-order chi connectivity index (χ0) is 13.2. The van der Waals surface area contributed by atoms with Gasteiger partial charge in [-0.05, 0) is 6.07 Å². The number of nitrogens with two attached hydrogens (primary N) is 1. The van der Waals surface area contributed by atoms with Crippen molar-refractivity contribution in [1.29, 1.82) is 0 Å².